The molecule has 1 unspecified atom stereocenters. The van der Waals surface area contributed by atoms with E-state index < -0.39 is 17.4 Å². The van der Waals surface area contributed by atoms with Crippen LogP contribution < -0.4 is 5.32 Å². The number of halogens is 1. The van der Waals surface area contributed by atoms with Crippen molar-refractivity contribution in [2.45, 2.75) is 37.6 Å². The van der Waals surface area contributed by atoms with E-state index in [4.69, 9.17) is 0 Å². The summed E-state index contributed by atoms with van der Waals surface area (Å²) in [6.45, 7) is 1.82. The fourth-order valence-corrected chi connectivity index (χ4v) is 2.75. The van der Waals surface area contributed by atoms with Gasteiger partial charge in [0.1, 0.15) is 6.04 Å². The number of benzene rings is 1. The smallest absolute Gasteiger partial charge is 0.326 e. The van der Waals surface area contributed by atoms with Crippen LogP contribution in [0.15, 0.2) is 40.9 Å². The fourth-order valence-electron chi connectivity index (χ4n) is 2.35. The van der Waals surface area contributed by atoms with Gasteiger partial charge < -0.3 is 10.4 Å². The van der Waals surface area contributed by atoms with Crippen LogP contribution >= 0.6 is 15.9 Å². The summed E-state index contributed by atoms with van der Waals surface area (Å²) in [6, 6.07) is 6.76. The van der Waals surface area contributed by atoms with Gasteiger partial charge in [-0.1, -0.05) is 40.2 Å². The molecule has 21 heavy (non-hydrogen) atoms. The van der Waals surface area contributed by atoms with Crippen LogP contribution in [0.2, 0.25) is 0 Å². The van der Waals surface area contributed by atoms with Crippen LogP contribution in [0.25, 0.3) is 0 Å². The van der Waals surface area contributed by atoms with Crippen molar-refractivity contribution in [2.75, 3.05) is 0 Å². The molecule has 0 spiro atoms. The maximum absolute atomic E-state index is 12.5. The minimum Gasteiger partial charge on any atom is -0.480 e. The van der Waals surface area contributed by atoms with Gasteiger partial charge in [0.05, 0.1) is 5.41 Å². The fraction of sp³-hybridized carbons (Fsp3) is 0.375. The van der Waals surface area contributed by atoms with Crippen molar-refractivity contribution in [3.63, 3.8) is 0 Å². The van der Waals surface area contributed by atoms with Crippen LogP contribution in [0.3, 0.4) is 0 Å². The third kappa shape index (κ3) is 3.53. The second-order valence-electron chi connectivity index (χ2n) is 5.26. The SMILES string of the molecule is C/C=C/CC(NC(=O)C1(c2cccc(Br)c2)CC1)C(=O)O. The minimum atomic E-state index is -1.01. The van der Waals surface area contributed by atoms with Gasteiger partial charge in [-0.25, -0.2) is 4.79 Å². The second kappa shape index (κ2) is 6.43. The number of aliphatic carboxylic acids is 1. The molecule has 0 radical (unpaired) electrons. The van der Waals surface area contributed by atoms with Crippen LogP contribution in [0.4, 0.5) is 0 Å². The summed E-state index contributed by atoms with van der Waals surface area (Å²) in [7, 11) is 0. The first-order chi connectivity index (χ1) is 9.99. The number of nitrogens with one attached hydrogen (secondary N) is 1. The Morgan fingerprint density at radius 3 is 2.71 bits per heavy atom. The third-order valence-electron chi connectivity index (χ3n) is 3.77. The number of allylic oxidation sites excluding steroid dienone is 1. The van der Waals surface area contributed by atoms with Crippen molar-refractivity contribution in [1.29, 1.82) is 0 Å². The number of carboxylic acids is 1. The first-order valence-electron chi connectivity index (χ1n) is 6.90. The van der Waals surface area contributed by atoms with E-state index in [1.807, 2.05) is 31.2 Å². The van der Waals surface area contributed by atoms with Crippen molar-refractivity contribution < 1.29 is 14.7 Å². The number of carbonyl (C=O) groups excluding carboxylic acids is 1. The van der Waals surface area contributed by atoms with Crippen molar-refractivity contribution in [3.05, 3.63) is 46.5 Å². The highest BCUT2D eigenvalue weighted by atomic mass is 79.9. The molecule has 1 aromatic carbocycles. The van der Waals surface area contributed by atoms with Crippen LogP contribution in [0.5, 0.6) is 0 Å². The highest BCUT2D eigenvalue weighted by molar-refractivity contribution is 9.10. The van der Waals surface area contributed by atoms with Gasteiger partial charge in [0.15, 0.2) is 0 Å². The maximum atomic E-state index is 12.5. The lowest BCUT2D eigenvalue weighted by atomic mass is 9.94. The molecular weight excluding hydrogens is 334 g/mol. The monoisotopic (exact) mass is 351 g/mol. The van der Waals surface area contributed by atoms with E-state index in [9.17, 15) is 14.7 Å². The number of carboxylic acid groups (broad SMARTS) is 1. The zero-order chi connectivity index (χ0) is 15.5. The number of rotatable bonds is 6. The molecule has 5 heteroatoms. The molecule has 1 aliphatic rings. The normalized spacial score (nSPS) is 17.4. The third-order valence-corrected chi connectivity index (χ3v) is 4.27. The summed E-state index contributed by atoms with van der Waals surface area (Å²) in [6.07, 6.45) is 5.34. The zero-order valence-corrected chi connectivity index (χ0v) is 13.4. The van der Waals surface area contributed by atoms with Crippen LogP contribution in [0, 0.1) is 0 Å². The van der Waals surface area contributed by atoms with Crippen LogP contribution in [0.1, 0.15) is 31.7 Å². The van der Waals surface area contributed by atoms with Gasteiger partial charge in [-0.15, -0.1) is 0 Å². The van der Waals surface area contributed by atoms with Crippen molar-refractivity contribution in [3.8, 4) is 0 Å². The molecule has 1 amide bonds. The van der Waals surface area contributed by atoms with Gasteiger partial charge in [0.25, 0.3) is 0 Å². The highest BCUT2D eigenvalue weighted by Gasteiger charge is 2.51. The standard InChI is InChI=1S/C16H18BrNO3/c1-2-3-7-13(14(19)20)18-15(21)16(8-9-16)11-5-4-6-12(17)10-11/h2-6,10,13H,7-9H2,1H3,(H,18,21)(H,19,20)/b3-2+. The minimum absolute atomic E-state index is 0.197. The molecule has 112 valence electrons. The van der Waals surface area contributed by atoms with Gasteiger partial charge in [-0.3, -0.25) is 4.79 Å². The molecule has 1 saturated carbocycles. The topological polar surface area (TPSA) is 66.4 Å². The number of hydrogen-bond donors (Lipinski definition) is 2. The van der Waals surface area contributed by atoms with Gasteiger partial charge in [-0.2, -0.15) is 0 Å². The van der Waals surface area contributed by atoms with Crippen molar-refractivity contribution in [1.82, 2.24) is 5.32 Å². The first-order valence-corrected chi connectivity index (χ1v) is 7.70. The molecular formula is C16H18BrNO3. The van der Waals surface area contributed by atoms with Gasteiger partial charge in [0.2, 0.25) is 5.91 Å². The zero-order valence-electron chi connectivity index (χ0n) is 11.8. The molecule has 0 aromatic heterocycles. The molecule has 0 aliphatic heterocycles. The quantitative estimate of drug-likeness (QED) is 0.774. The second-order valence-corrected chi connectivity index (χ2v) is 6.18. The molecule has 1 aromatic rings. The first kappa shape index (κ1) is 15.8. The van der Waals surface area contributed by atoms with Gasteiger partial charge in [-0.05, 0) is 43.9 Å². The Bertz CT molecular complexity index is 579. The average Bonchev–Trinajstić information content (AvgIpc) is 3.24. The number of carbonyl (C=O) groups is 2. The van der Waals surface area contributed by atoms with E-state index in [2.05, 4.69) is 21.2 Å². The van der Waals surface area contributed by atoms with E-state index in [1.165, 1.54) is 0 Å². The van der Waals surface area contributed by atoms with Crippen molar-refractivity contribution >= 4 is 27.8 Å². The van der Waals surface area contributed by atoms with Crippen molar-refractivity contribution in [2.24, 2.45) is 0 Å². The largest absolute Gasteiger partial charge is 0.480 e. The summed E-state index contributed by atoms with van der Waals surface area (Å²) in [5.41, 5.74) is 0.373. The Morgan fingerprint density at radius 2 is 2.19 bits per heavy atom. The molecule has 4 nitrogen and oxygen atoms in total. The lowest BCUT2D eigenvalue weighted by Gasteiger charge is -2.19. The Kier molecular flexibility index (Phi) is 4.83. The van der Waals surface area contributed by atoms with Gasteiger partial charge >= 0.3 is 5.97 Å². The molecule has 0 saturated heterocycles. The lowest BCUT2D eigenvalue weighted by Crippen LogP contribution is -2.45. The van der Waals surface area contributed by atoms with Gasteiger partial charge in [0, 0.05) is 4.47 Å². The Balaban J connectivity index is 2.13. The Labute approximate surface area is 132 Å². The average molecular weight is 352 g/mol. The summed E-state index contributed by atoms with van der Waals surface area (Å²) in [4.78, 5) is 23.7. The lowest BCUT2D eigenvalue weighted by molar-refractivity contribution is -0.142. The summed E-state index contributed by atoms with van der Waals surface area (Å²) in [5.74, 6) is -1.20. The molecule has 1 fully saturated rings. The predicted octanol–water partition coefficient (Wildman–Crippen LogP) is 3.02. The summed E-state index contributed by atoms with van der Waals surface area (Å²) in [5, 5.41) is 11.9. The van der Waals surface area contributed by atoms with Crippen LogP contribution in [-0.4, -0.2) is 23.0 Å². The van der Waals surface area contributed by atoms with E-state index in [0.29, 0.717) is 6.42 Å². The molecule has 0 bridgehead atoms. The van der Waals surface area contributed by atoms with E-state index >= 15 is 0 Å². The molecule has 1 aliphatic carbocycles. The molecule has 0 heterocycles. The number of amides is 1. The highest BCUT2D eigenvalue weighted by Crippen LogP contribution is 2.48. The molecule has 2 rings (SSSR count). The van der Waals surface area contributed by atoms with E-state index in [1.54, 1.807) is 12.2 Å². The summed E-state index contributed by atoms with van der Waals surface area (Å²) >= 11 is 3.40. The molecule has 2 N–H and O–H groups in total. The number of hydrogen-bond acceptors (Lipinski definition) is 2. The van der Waals surface area contributed by atoms with E-state index in [0.717, 1.165) is 22.9 Å². The van der Waals surface area contributed by atoms with E-state index in [-0.39, 0.29) is 5.91 Å². The Hall–Kier alpha value is -1.62. The maximum Gasteiger partial charge on any atom is 0.326 e. The summed E-state index contributed by atoms with van der Waals surface area (Å²) < 4.78 is 0.919. The van der Waals surface area contributed by atoms with Crippen LogP contribution in [-0.2, 0) is 15.0 Å². The predicted molar refractivity (Wildman–Crippen MR) is 84.1 cm³/mol. The molecule has 1 atom stereocenters. The Morgan fingerprint density at radius 1 is 1.48 bits per heavy atom.